The number of hydrogen-bond donors (Lipinski definition) is 0. The number of carbonyl (C=O) groups is 1. The van der Waals surface area contributed by atoms with E-state index in [1.165, 1.54) is 18.2 Å². The van der Waals surface area contributed by atoms with Crippen molar-refractivity contribution in [2.45, 2.75) is 6.92 Å². The van der Waals surface area contributed by atoms with Crippen LogP contribution in [-0.4, -0.2) is 23.9 Å². The molecule has 0 unspecified atom stereocenters. The summed E-state index contributed by atoms with van der Waals surface area (Å²) in [6.45, 7) is 3.69. The van der Waals surface area contributed by atoms with Crippen molar-refractivity contribution in [3.63, 3.8) is 0 Å². The molecule has 1 saturated heterocycles. The van der Waals surface area contributed by atoms with E-state index in [4.69, 9.17) is 0 Å². The average molecular weight is 272 g/mol. The minimum atomic E-state index is -0.338. The van der Waals surface area contributed by atoms with E-state index in [0.29, 0.717) is 16.0 Å². The molecule has 4 heteroatoms. The lowest BCUT2D eigenvalue weighted by atomic mass is 10.0. The van der Waals surface area contributed by atoms with Crippen molar-refractivity contribution in [3.8, 4) is 0 Å². The molecule has 0 radical (unpaired) electrons. The number of hydrogen-bond acceptors (Lipinski definition) is 1. The van der Waals surface area contributed by atoms with Crippen molar-refractivity contribution in [2.24, 2.45) is 5.92 Å². The van der Waals surface area contributed by atoms with Gasteiger partial charge in [-0.2, -0.15) is 0 Å². The third-order valence-corrected chi connectivity index (χ3v) is 3.17. The van der Waals surface area contributed by atoms with Crippen LogP contribution in [0.3, 0.4) is 0 Å². The summed E-state index contributed by atoms with van der Waals surface area (Å²) in [6, 6.07) is 4.14. The van der Waals surface area contributed by atoms with Crippen molar-refractivity contribution in [1.82, 2.24) is 4.90 Å². The van der Waals surface area contributed by atoms with E-state index in [9.17, 15) is 9.18 Å². The summed E-state index contributed by atoms with van der Waals surface area (Å²) < 4.78 is 13.3. The lowest BCUT2D eigenvalue weighted by Crippen LogP contribution is -2.48. The van der Waals surface area contributed by atoms with E-state index < -0.39 is 0 Å². The Hall–Kier alpha value is -0.900. The molecule has 1 heterocycles. The Balaban J connectivity index is 2.19. The minimum absolute atomic E-state index is 0.0278. The zero-order valence-corrected chi connectivity index (χ0v) is 9.92. The predicted molar refractivity (Wildman–Crippen MR) is 59.2 cm³/mol. The number of amides is 1. The average Bonchev–Trinajstić information content (AvgIpc) is 2.12. The van der Waals surface area contributed by atoms with Crippen LogP contribution in [0, 0.1) is 11.7 Å². The molecule has 1 fully saturated rings. The first-order chi connectivity index (χ1) is 7.08. The molecular formula is C11H11BrFNO. The van der Waals surface area contributed by atoms with Crippen LogP contribution in [0.2, 0.25) is 0 Å². The summed E-state index contributed by atoms with van der Waals surface area (Å²) in [6.07, 6.45) is 0. The van der Waals surface area contributed by atoms with Crippen LogP contribution in [0.5, 0.6) is 0 Å². The number of rotatable bonds is 1. The maximum atomic E-state index is 12.8. The van der Waals surface area contributed by atoms with Gasteiger partial charge in [0.25, 0.3) is 5.91 Å². The van der Waals surface area contributed by atoms with E-state index in [1.807, 2.05) is 0 Å². The SMILES string of the molecule is CC1CN(C(=O)c2ccc(F)cc2Br)C1. The summed E-state index contributed by atoms with van der Waals surface area (Å²) in [5.74, 6) is 0.212. The number of likely N-dealkylation sites (tertiary alicyclic amines) is 1. The fourth-order valence-corrected chi connectivity index (χ4v) is 2.22. The first-order valence-corrected chi connectivity index (χ1v) is 5.61. The highest BCUT2D eigenvalue weighted by Crippen LogP contribution is 2.23. The number of benzene rings is 1. The standard InChI is InChI=1S/C11H11BrFNO/c1-7-5-14(6-7)11(15)9-3-2-8(13)4-10(9)12/h2-4,7H,5-6H2,1H3. The Morgan fingerprint density at radius 2 is 2.20 bits per heavy atom. The molecule has 1 aromatic carbocycles. The molecule has 15 heavy (non-hydrogen) atoms. The van der Waals surface area contributed by atoms with Crippen LogP contribution >= 0.6 is 15.9 Å². The highest BCUT2D eigenvalue weighted by molar-refractivity contribution is 9.10. The number of nitrogens with zero attached hydrogens (tertiary/aromatic N) is 1. The first kappa shape index (κ1) is 10.6. The van der Waals surface area contributed by atoms with Crippen LogP contribution < -0.4 is 0 Å². The van der Waals surface area contributed by atoms with E-state index in [0.717, 1.165) is 13.1 Å². The topological polar surface area (TPSA) is 20.3 Å². The fourth-order valence-electron chi connectivity index (χ4n) is 1.70. The van der Waals surface area contributed by atoms with Gasteiger partial charge >= 0.3 is 0 Å². The van der Waals surface area contributed by atoms with E-state index in [-0.39, 0.29) is 11.7 Å². The maximum absolute atomic E-state index is 12.8. The van der Waals surface area contributed by atoms with Gasteiger partial charge in [-0.05, 0) is 40.0 Å². The maximum Gasteiger partial charge on any atom is 0.255 e. The fraction of sp³-hybridized carbons (Fsp3) is 0.364. The van der Waals surface area contributed by atoms with Gasteiger partial charge in [-0.1, -0.05) is 6.92 Å². The Morgan fingerprint density at radius 1 is 1.53 bits per heavy atom. The van der Waals surface area contributed by atoms with Crippen molar-refractivity contribution in [3.05, 3.63) is 34.1 Å². The molecule has 2 rings (SSSR count). The van der Waals surface area contributed by atoms with Crippen LogP contribution in [0.4, 0.5) is 4.39 Å². The van der Waals surface area contributed by atoms with Gasteiger partial charge in [0.15, 0.2) is 0 Å². The minimum Gasteiger partial charge on any atom is -0.338 e. The zero-order chi connectivity index (χ0) is 11.0. The van der Waals surface area contributed by atoms with Gasteiger partial charge in [-0.3, -0.25) is 4.79 Å². The second kappa shape index (κ2) is 3.93. The van der Waals surface area contributed by atoms with Gasteiger partial charge in [-0.15, -0.1) is 0 Å². The summed E-state index contributed by atoms with van der Waals surface area (Å²) in [5.41, 5.74) is 0.531. The van der Waals surface area contributed by atoms with Crippen LogP contribution in [0.25, 0.3) is 0 Å². The van der Waals surface area contributed by atoms with Crippen LogP contribution in [0.1, 0.15) is 17.3 Å². The molecule has 1 aromatic rings. The van der Waals surface area contributed by atoms with Crippen molar-refractivity contribution >= 4 is 21.8 Å². The smallest absolute Gasteiger partial charge is 0.255 e. The Labute approximate surface area is 96.2 Å². The summed E-state index contributed by atoms with van der Waals surface area (Å²) in [7, 11) is 0. The second-order valence-corrected chi connectivity index (χ2v) is 4.79. The molecule has 0 aliphatic carbocycles. The highest BCUT2D eigenvalue weighted by atomic mass is 79.9. The molecule has 0 bridgehead atoms. The molecular weight excluding hydrogens is 261 g/mol. The lowest BCUT2D eigenvalue weighted by Gasteiger charge is -2.37. The van der Waals surface area contributed by atoms with Crippen molar-refractivity contribution < 1.29 is 9.18 Å². The molecule has 0 saturated carbocycles. The van der Waals surface area contributed by atoms with Crippen molar-refractivity contribution in [1.29, 1.82) is 0 Å². The molecule has 1 amide bonds. The normalized spacial score (nSPS) is 16.3. The predicted octanol–water partition coefficient (Wildman–Crippen LogP) is 2.68. The number of carbonyl (C=O) groups excluding carboxylic acids is 1. The Bertz CT molecular complexity index is 402. The molecule has 0 spiro atoms. The summed E-state index contributed by atoms with van der Waals surface area (Å²) in [5, 5.41) is 0. The van der Waals surface area contributed by atoms with E-state index in [2.05, 4.69) is 22.9 Å². The Kier molecular flexibility index (Phi) is 2.78. The van der Waals surface area contributed by atoms with Gasteiger partial charge in [0.05, 0.1) is 5.56 Å². The quantitative estimate of drug-likeness (QED) is 0.769. The molecule has 80 valence electrons. The van der Waals surface area contributed by atoms with E-state index >= 15 is 0 Å². The molecule has 1 aliphatic rings. The van der Waals surface area contributed by atoms with E-state index in [1.54, 1.807) is 4.90 Å². The lowest BCUT2D eigenvalue weighted by molar-refractivity contribution is 0.0529. The van der Waals surface area contributed by atoms with Crippen molar-refractivity contribution in [2.75, 3.05) is 13.1 Å². The van der Waals surface area contributed by atoms with Gasteiger partial charge in [-0.25, -0.2) is 4.39 Å². The third kappa shape index (κ3) is 2.04. The summed E-state index contributed by atoms with van der Waals surface area (Å²) >= 11 is 3.20. The highest BCUT2D eigenvalue weighted by Gasteiger charge is 2.28. The third-order valence-electron chi connectivity index (χ3n) is 2.51. The molecule has 0 atom stereocenters. The summed E-state index contributed by atoms with van der Waals surface area (Å²) in [4.78, 5) is 13.6. The van der Waals surface area contributed by atoms with Gasteiger partial charge in [0, 0.05) is 17.6 Å². The second-order valence-electron chi connectivity index (χ2n) is 3.94. The molecule has 0 aromatic heterocycles. The number of halogens is 2. The zero-order valence-electron chi connectivity index (χ0n) is 8.34. The largest absolute Gasteiger partial charge is 0.338 e. The van der Waals surface area contributed by atoms with Crippen LogP contribution in [-0.2, 0) is 0 Å². The Morgan fingerprint density at radius 3 is 2.73 bits per heavy atom. The molecule has 0 N–H and O–H groups in total. The molecule has 1 aliphatic heterocycles. The monoisotopic (exact) mass is 271 g/mol. The van der Waals surface area contributed by atoms with Crippen LogP contribution in [0.15, 0.2) is 22.7 Å². The van der Waals surface area contributed by atoms with Gasteiger partial charge in [0.1, 0.15) is 5.82 Å². The first-order valence-electron chi connectivity index (χ1n) is 4.82. The van der Waals surface area contributed by atoms with Gasteiger partial charge in [0.2, 0.25) is 0 Å². The molecule has 2 nitrogen and oxygen atoms in total. The van der Waals surface area contributed by atoms with Gasteiger partial charge < -0.3 is 4.90 Å².